The predicted octanol–water partition coefficient (Wildman–Crippen LogP) is 1.17. The van der Waals surface area contributed by atoms with Crippen LogP contribution < -0.4 is 10.6 Å². The number of para-hydroxylation sites is 1. The van der Waals surface area contributed by atoms with E-state index in [1.807, 2.05) is 30.5 Å². The van der Waals surface area contributed by atoms with E-state index in [4.69, 9.17) is 5.73 Å². The van der Waals surface area contributed by atoms with Gasteiger partial charge in [-0.05, 0) is 12.5 Å². The third kappa shape index (κ3) is 1.61. The van der Waals surface area contributed by atoms with Crippen LogP contribution in [0.1, 0.15) is 6.42 Å². The van der Waals surface area contributed by atoms with Crippen LogP contribution in [0.25, 0.3) is 10.9 Å². The third-order valence-electron chi connectivity index (χ3n) is 2.98. The number of fused-ring (bicyclic) bond motifs is 1. The van der Waals surface area contributed by atoms with Gasteiger partial charge in [-0.3, -0.25) is 0 Å². The second-order valence-corrected chi connectivity index (χ2v) is 4.22. The van der Waals surface area contributed by atoms with Crippen molar-refractivity contribution in [1.29, 1.82) is 0 Å². The molecule has 1 aliphatic heterocycles. The summed E-state index contributed by atoms with van der Waals surface area (Å²) in [7, 11) is 0. The number of nitrogens with zero attached hydrogens (tertiary/aromatic N) is 3. The maximum Gasteiger partial charge on any atom is 0.225 e. The molecule has 1 aromatic carbocycles. The number of aromatic nitrogens is 2. The van der Waals surface area contributed by atoms with Gasteiger partial charge < -0.3 is 10.6 Å². The molecule has 1 fully saturated rings. The van der Waals surface area contributed by atoms with Gasteiger partial charge in [0, 0.05) is 30.7 Å². The molecule has 3 rings (SSSR count). The van der Waals surface area contributed by atoms with Crippen LogP contribution in [0.2, 0.25) is 0 Å². The minimum atomic E-state index is 0.259. The topological polar surface area (TPSA) is 55.0 Å². The van der Waals surface area contributed by atoms with Crippen LogP contribution in [-0.2, 0) is 0 Å². The van der Waals surface area contributed by atoms with E-state index in [9.17, 15) is 0 Å². The lowest BCUT2D eigenvalue weighted by Gasteiger charge is -2.15. The molecule has 1 unspecified atom stereocenters. The van der Waals surface area contributed by atoms with E-state index in [0.29, 0.717) is 0 Å². The first kappa shape index (κ1) is 9.54. The molecule has 1 aromatic heterocycles. The Morgan fingerprint density at radius 2 is 2.19 bits per heavy atom. The van der Waals surface area contributed by atoms with Gasteiger partial charge in [0.2, 0.25) is 5.95 Å². The van der Waals surface area contributed by atoms with Gasteiger partial charge in [-0.25, -0.2) is 9.97 Å². The fourth-order valence-corrected chi connectivity index (χ4v) is 2.08. The monoisotopic (exact) mass is 214 g/mol. The van der Waals surface area contributed by atoms with Crippen LogP contribution in [0, 0.1) is 0 Å². The van der Waals surface area contributed by atoms with Crippen LogP contribution in [0.5, 0.6) is 0 Å². The average molecular weight is 214 g/mol. The van der Waals surface area contributed by atoms with Crippen molar-refractivity contribution in [2.24, 2.45) is 5.73 Å². The first-order chi connectivity index (χ1) is 7.83. The van der Waals surface area contributed by atoms with Crippen molar-refractivity contribution >= 4 is 16.9 Å². The Morgan fingerprint density at radius 1 is 1.31 bits per heavy atom. The minimum Gasteiger partial charge on any atom is -0.339 e. The molecule has 0 radical (unpaired) electrons. The van der Waals surface area contributed by atoms with Crippen molar-refractivity contribution < 1.29 is 0 Å². The Balaban J connectivity index is 1.99. The lowest BCUT2D eigenvalue weighted by Crippen LogP contribution is -2.27. The molecular formula is C12H14N4. The van der Waals surface area contributed by atoms with Crippen molar-refractivity contribution in [1.82, 2.24) is 9.97 Å². The van der Waals surface area contributed by atoms with E-state index < -0.39 is 0 Å². The summed E-state index contributed by atoms with van der Waals surface area (Å²) in [4.78, 5) is 11.1. The highest BCUT2D eigenvalue weighted by molar-refractivity contribution is 5.78. The smallest absolute Gasteiger partial charge is 0.225 e. The van der Waals surface area contributed by atoms with Crippen LogP contribution in [0.3, 0.4) is 0 Å². The van der Waals surface area contributed by atoms with E-state index in [0.717, 1.165) is 36.4 Å². The Kier molecular flexibility index (Phi) is 2.22. The van der Waals surface area contributed by atoms with Gasteiger partial charge in [0.05, 0.1) is 5.52 Å². The van der Waals surface area contributed by atoms with Gasteiger partial charge in [-0.15, -0.1) is 0 Å². The molecule has 0 amide bonds. The molecule has 82 valence electrons. The molecule has 4 heteroatoms. The molecule has 0 aliphatic carbocycles. The number of nitrogens with two attached hydrogens (primary N) is 1. The molecule has 1 saturated heterocycles. The predicted molar refractivity (Wildman–Crippen MR) is 64.3 cm³/mol. The number of hydrogen-bond acceptors (Lipinski definition) is 4. The first-order valence-electron chi connectivity index (χ1n) is 5.55. The zero-order chi connectivity index (χ0) is 11.0. The Labute approximate surface area is 94.1 Å². The quantitative estimate of drug-likeness (QED) is 0.774. The molecule has 0 saturated carbocycles. The maximum atomic E-state index is 5.88. The summed E-state index contributed by atoms with van der Waals surface area (Å²) in [6.45, 7) is 1.82. The molecule has 2 N–H and O–H groups in total. The van der Waals surface area contributed by atoms with Gasteiger partial charge in [0.25, 0.3) is 0 Å². The van der Waals surface area contributed by atoms with E-state index in [2.05, 4.69) is 14.9 Å². The highest BCUT2D eigenvalue weighted by Gasteiger charge is 2.21. The van der Waals surface area contributed by atoms with Gasteiger partial charge in [-0.2, -0.15) is 0 Å². The molecule has 0 spiro atoms. The zero-order valence-corrected chi connectivity index (χ0v) is 9.00. The number of hydrogen-bond donors (Lipinski definition) is 1. The van der Waals surface area contributed by atoms with Crippen molar-refractivity contribution in [3.05, 3.63) is 30.5 Å². The maximum absolute atomic E-state index is 5.88. The molecule has 16 heavy (non-hydrogen) atoms. The van der Waals surface area contributed by atoms with Crippen LogP contribution in [-0.4, -0.2) is 29.1 Å². The molecule has 1 atom stereocenters. The second kappa shape index (κ2) is 3.72. The standard InChI is InChI=1S/C12H14N4/c13-10-5-6-16(8-10)12-14-7-9-3-1-2-4-11(9)15-12/h1-4,7,10H,5-6,8,13H2. The van der Waals surface area contributed by atoms with Gasteiger partial charge >= 0.3 is 0 Å². The third-order valence-corrected chi connectivity index (χ3v) is 2.98. The summed E-state index contributed by atoms with van der Waals surface area (Å²) in [5.74, 6) is 0.798. The Bertz CT molecular complexity index is 511. The van der Waals surface area contributed by atoms with Crippen molar-refractivity contribution in [3.63, 3.8) is 0 Å². The van der Waals surface area contributed by atoms with E-state index in [1.54, 1.807) is 0 Å². The van der Waals surface area contributed by atoms with Crippen molar-refractivity contribution in [2.45, 2.75) is 12.5 Å². The fraction of sp³-hybridized carbons (Fsp3) is 0.333. The number of benzene rings is 1. The Hall–Kier alpha value is -1.68. The SMILES string of the molecule is NC1CCN(c2ncc3ccccc3n2)C1. The Morgan fingerprint density at radius 3 is 3.00 bits per heavy atom. The summed E-state index contributed by atoms with van der Waals surface area (Å²) in [5.41, 5.74) is 6.87. The van der Waals surface area contributed by atoms with Crippen molar-refractivity contribution in [3.8, 4) is 0 Å². The normalized spacial score (nSPS) is 20.6. The van der Waals surface area contributed by atoms with E-state index in [1.165, 1.54) is 0 Å². The molecule has 1 aliphatic rings. The minimum absolute atomic E-state index is 0.259. The highest BCUT2D eigenvalue weighted by atomic mass is 15.3. The molecule has 2 heterocycles. The summed E-state index contributed by atoms with van der Waals surface area (Å²) >= 11 is 0. The lowest BCUT2D eigenvalue weighted by molar-refractivity contribution is 0.750. The summed E-state index contributed by atoms with van der Waals surface area (Å²) in [6, 6.07) is 8.28. The lowest BCUT2D eigenvalue weighted by atomic mass is 10.2. The highest BCUT2D eigenvalue weighted by Crippen LogP contribution is 2.18. The van der Waals surface area contributed by atoms with Gasteiger partial charge in [0.1, 0.15) is 0 Å². The first-order valence-corrected chi connectivity index (χ1v) is 5.55. The molecule has 4 nitrogen and oxygen atoms in total. The second-order valence-electron chi connectivity index (χ2n) is 4.22. The van der Waals surface area contributed by atoms with Crippen molar-refractivity contribution in [2.75, 3.05) is 18.0 Å². The van der Waals surface area contributed by atoms with Crippen LogP contribution >= 0.6 is 0 Å². The number of anilines is 1. The largest absolute Gasteiger partial charge is 0.339 e. The van der Waals surface area contributed by atoms with Crippen LogP contribution in [0.4, 0.5) is 5.95 Å². The van der Waals surface area contributed by atoms with Crippen LogP contribution in [0.15, 0.2) is 30.5 Å². The molecule has 2 aromatic rings. The van der Waals surface area contributed by atoms with E-state index in [-0.39, 0.29) is 6.04 Å². The summed E-state index contributed by atoms with van der Waals surface area (Å²) in [5, 5.41) is 1.08. The zero-order valence-electron chi connectivity index (χ0n) is 9.00. The van der Waals surface area contributed by atoms with E-state index >= 15 is 0 Å². The number of rotatable bonds is 1. The molecule has 0 bridgehead atoms. The average Bonchev–Trinajstić information content (AvgIpc) is 2.75. The fourth-order valence-electron chi connectivity index (χ4n) is 2.08. The van der Waals surface area contributed by atoms with Gasteiger partial charge in [0.15, 0.2) is 0 Å². The molecular weight excluding hydrogens is 200 g/mol. The summed E-state index contributed by atoms with van der Waals surface area (Å²) in [6.07, 6.45) is 2.90. The van der Waals surface area contributed by atoms with Gasteiger partial charge in [-0.1, -0.05) is 18.2 Å². The summed E-state index contributed by atoms with van der Waals surface area (Å²) < 4.78 is 0.